The van der Waals surface area contributed by atoms with E-state index in [0.29, 0.717) is 27.9 Å². The fourth-order valence-electron chi connectivity index (χ4n) is 2.48. The summed E-state index contributed by atoms with van der Waals surface area (Å²) >= 11 is 9.40. The van der Waals surface area contributed by atoms with Crippen molar-refractivity contribution in [1.82, 2.24) is 5.32 Å². The van der Waals surface area contributed by atoms with Crippen LogP contribution in [0.3, 0.4) is 0 Å². The van der Waals surface area contributed by atoms with Crippen molar-refractivity contribution in [3.05, 3.63) is 33.3 Å². The molecule has 0 bridgehead atoms. The van der Waals surface area contributed by atoms with Gasteiger partial charge in [-0.1, -0.05) is 35.7 Å². The largest absolute Gasteiger partial charge is 0.409 e. The van der Waals surface area contributed by atoms with Crippen LogP contribution in [-0.4, -0.2) is 22.5 Å². The molecular weight excluding hydrogens is 346 g/mol. The molecule has 1 amide bonds. The third-order valence-corrected chi connectivity index (χ3v) is 4.90. The van der Waals surface area contributed by atoms with Crippen molar-refractivity contribution in [3.63, 3.8) is 0 Å². The minimum Gasteiger partial charge on any atom is -0.409 e. The van der Waals surface area contributed by atoms with Gasteiger partial charge in [0.05, 0.1) is 10.6 Å². The number of amides is 1. The molecule has 1 fully saturated rings. The van der Waals surface area contributed by atoms with E-state index in [1.165, 1.54) is 0 Å². The molecule has 0 radical (unpaired) electrons. The van der Waals surface area contributed by atoms with Gasteiger partial charge in [-0.15, -0.1) is 0 Å². The van der Waals surface area contributed by atoms with Crippen LogP contribution in [0.2, 0.25) is 5.02 Å². The normalized spacial score (nSPS) is 18.0. The van der Waals surface area contributed by atoms with Crippen LogP contribution in [-0.2, 0) is 0 Å². The van der Waals surface area contributed by atoms with Crippen molar-refractivity contribution in [2.75, 3.05) is 0 Å². The first kappa shape index (κ1) is 15.1. The molecule has 0 aromatic heterocycles. The van der Waals surface area contributed by atoms with Crippen molar-refractivity contribution in [1.29, 1.82) is 0 Å². The maximum Gasteiger partial charge on any atom is 0.253 e. The van der Waals surface area contributed by atoms with Gasteiger partial charge in [0.2, 0.25) is 0 Å². The van der Waals surface area contributed by atoms with Gasteiger partial charge in [-0.2, -0.15) is 0 Å². The highest BCUT2D eigenvalue weighted by Crippen LogP contribution is 2.31. The molecule has 0 spiro atoms. The number of rotatable bonds is 3. The molecule has 1 saturated carbocycles. The quantitative estimate of drug-likeness (QED) is 0.335. The van der Waals surface area contributed by atoms with Crippen molar-refractivity contribution in [2.24, 2.45) is 10.9 Å². The Kier molecular flexibility index (Phi) is 4.55. The molecule has 1 aliphatic rings. The Morgan fingerprint density at radius 1 is 1.45 bits per heavy atom. The van der Waals surface area contributed by atoms with E-state index >= 15 is 0 Å². The molecule has 0 aliphatic heterocycles. The lowest BCUT2D eigenvalue weighted by Gasteiger charge is -2.29. The van der Waals surface area contributed by atoms with Gasteiger partial charge in [0.25, 0.3) is 5.91 Å². The molecule has 5 nitrogen and oxygen atoms in total. The van der Waals surface area contributed by atoms with Crippen molar-refractivity contribution in [3.8, 4) is 0 Å². The van der Waals surface area contributed by atoms with Gasteiger partial charge in [0, 0.05) is 4.47 Å². The second kappa shape index (κ2) is 6.01. The molecule has 7 heteroatoms. The van der Waals surface area contributed by atoms with Crippen LogP contribution in [0.15, 0.2) is 27.8 Å². The van der Waals surface area contributed by atoms with Crippen LogP contribution in [0.1, 0.15) is 36.0 Å². The molecule has 20 heavy (non-hydrogen) atoms. The Morgan fingerprint density at radius 2 is 2.10 bits per heavy atom. The standard InChI is InChI=1S/C13H15BrClN3O2/c14-9-5-3-4-8(10(9)15)11(19)17-13(12(16)18-20)6-1-2-7-13/h3-5,20H,1-2,6-7H2,(H2,16,18)(H,17,19). The monoisotopic (exact) mass is 359 g/mol. The molecule has 0 unspecified atom stereocenters. The Labute approximate surface area is 130 Å². The summed E-state index contributed by atoms with van der Waals surface area (Å²) in [5, 5.41) is 15.2. The summed E-state index contributed by atoms with van der Waals surface area (Å²) in [6, 6.07) is 5.13. The number of oxime groups is 1. The van der Waals surface area contributed by atoms with Gasteiger partial charge in [-0.25, -0.2) is 0 Å². The molecule has 1 aliphatic carbocycles. The third kappa shape index (κ3) is 2.76. The fraction of sp³-hybridized carbons (Fsp3) is 0.385. The number of nitrogens with one attached hydrogen (secondary N) is 1. The highest BCUT2D eigenvalue weighted by atomic mass is 79.9. The first-order valence-electron chi connectivity index (χ1n) is 6.25. The number of nitrogens with zero attached hydrogens (tertiary/aromatic N) is 1. The molecule has 1 aromatic rings. The van der Waals surface area contributed by atoms with Gasteiger partial charge in [0.1, 0.15) is 5.54 Å². The van der Waals surface area contributed by atoms with E-state index in [1.54, 1.807) is 18.2 Å². The lowest BCUT2D eigenvalue weighted by atomic mass is 9.95. The van der Waals surface area contributed by atoms with Gasteiger partial charge in [-0.05, 0) is 40.9 Å². The van der Waals surface area contributed by atoms with Crippen molar-refractivity contribution in [2.45, 2.75) is 31.2 Å². The molecule has 2 rings (SSSR count). The van der Waals surface area contributed by atoms with Gasteiger partial charge in [-0.3, -0.25) is 4.79 Å². The smallest absolute Gasteiger partial charge is 0.253 e. The van der Waals surface area contributed by atoms with E-state index in [1.807, 2.05) is 0 Å². The van der Waals surface area contributed by atoms with E-state index in [4.69, 9.17) is 22.5 Å². The molecule has 108 valence electrons. The maximum atomic E-state index is 12.4. The predicted molar refractivity (Wildman–Crippen MR) is 81.2 cm³/mol. The fourth-order valence-corrected chi connectivity index (χ4v) is 3.06. The summed E-state index contributed by atoms with van der Waals surface area (Å²) in [5.41, 5.74) is 5.33. The molecule has 4 N–H and O–H groups in total. The zero-order valence-corrected chi connectivity index (χ0v) is 13.0. The summed E-state index contributed by atoms with van der Waals surface area (Å²) in [5.74, 6) is -0.292. The van der Waals surface area contributed by atoms with Gasteiger partial charge < -0.3 is 16.3 Å². The minimum absolute atomic E-state index is 0.0365. The SMILES string of the molecule is N/C(=N/O)C1(NC(=O)c2cccc(Br)c2Cl)CCCC1. The summed E-state index contributed by atoms with van der Waals surface area (Å²) in [6.45, 7) is 0. The Hall–Kier alpha value is -1.27. The number of carbonyl (C=O) groups is 1. The number of amidine groups is 1. The average molecular weight is 361 g/mol. The summed E-state index contributed by atoms with van der Waals surface area (Å²) < 4.78 is 0.649. The lowest BCUT2D eigenvalue weighted by molar-refractivity contribution is 0.0923. The second-order valence-electron chi connectivity index (χ2n) is 4.83. The molecule has 0 atom stereocenters. The number of nitrogens with two attached hydrogens (primary N) is 1. The maximum absolute atomic E-state index is 12.4. The number of benzene rings is 1. The highest BCUT2D eigenvalue weighted by molar-refractivity contribution is 9.10. The number of hydrogen-bond acceptors (Lipinski definition) is 3. The molecule has 1 aromatic carbocycles. The van der Waals surface area contributed by atoms with Crippen LogP contribution in [0, 0.1) is 0 Å². The van der Waals surface area contributed by atoms with Crippen molar-refractivity contribution < 1.29 is 10.0 Å². The highest BCUT2D eigenvalue weighted by Gasteiger charge is 2.40. The number of halogens is 2. The minimum atomic E-state index is -0.780. The predicted octanol–water partition coefficient (Wildman–Crippen LogP) is 2.89. The van der Waals surface area contributed by atoms with Crippen LogP contribution in [0.25, 0.3) is 0 Å². The summed E-state index contributed by atoms with van der Waals surface area (Å²) in [7, 11) is 0. The first-order valence-corrected chi connectivity index (χ1v) is 7.42. The Morgan fingerprint density at radius 3 is 2.70 bits per heavy atom. The van der Waals surface area contributed by atoms with E-state index in [0.717, 1.165) is 12.8 Å². The van der Waals surface area contributed by atoms with Crippen molar-refractivity contribution >= 4 is 39.3 Å². The van der Waals surface area contributed by atoms with Gasteiger partial charge >= 0.3 is 0 Å². The first-order chi connectivity index (χ1) is 9.50. The zero-order chi connectivity index (χ0) is 14.8. The topological polar surface area (TPSA) is 87.7 Å². The number of hydrogen-bond donors (Lipinski definition) is 3. The van der Waals surface area contributed by atoms with E-state index in [2.05, 4.69) is 26.4 Å². The molecule has 0 saturated heterocycles. The number of carbonyl (C=O) groups excluding carboxylic acids is 1. The molecular formula is C13H15BrClN3O2. The van der Waals surface area contributed by atoms with E-state index < -0.39 is 5.54 Å². The average Bonchev–Trinajstić information content (AvgIpc) is 2.90. The second-order valence-corrected chi connectivity index (χ2v) is 6.06. The van der Waals surface area contributed by atoms with Crippen LogP contribution >= 0.6 is 27.5 Å². The molecule has 0 heterocycles. The summed E-state index contributed by atoms with van der Waals surface area (Å²) in [6.07, 6.45) is 3.14. The van der Waals surface area contributed by atoms with Crippen LogP contribution in [0.4, 0.5) is 0 Å². The van der Waals surface area contributed by atoms with Crippen LogP contribution in [0.5, 0.6) is 0 Å². The van der Waals surface area contributed by atoms with E-state index in [9.17, 15) is 4.79 Å². The summed E-state index contributed by atoms with van der Waals surface area (Å²) in [4.78, 5) is 12.4. The zero-order valence-electron chi connectivity index (χ0n) is 10.7. The van der Waals surface area contributed by atoms with Gasteiger partial charge in [0.15, 0.2) is 5.84 Å². The van der Waals surface area contributed by atoms with E-state index in [-0.39, 0.29) is 11.7 Å². The van der Waals surface area contributed by atoms with Crippen LogP contribution < -0.4 is 11.1 Å². The Balaban J connectivity index is 2.28. The lowest BCUT2D eigenvalue weighted by Crippen LogP contribution is -2.55. The Bertz CT molecular complexity index is 557. The third-order valence-electron chi connectivity index (χ3n) is 3.60.